The molecule has 0 aliphatic carbocycles. The van der Waals surface area contributed by atoms with Gasteiger partial charge in [-0.3, -0.25) is 4.99 Å². The van der Waals surface area contributed by atoms with Crippen molar-refractivity contribution in [2.24, 2.45) is 16.6 Å². The molecule has 0 saturated carbocycles. The van der Waals surface area contributed by atoms with Crippen LogP contribution < -0.4 is 11.1 Å². The molecule has 0 heterocycles. The van der Waals surface area contributed by atoms with Gasteiger partial charge in [-0.1, -0.05) is 13.8 Å². The number of nitrogens with zero attached hydrogens (tertiary/aromatic N) is 2. The monoisotopic (exact) mass is 386 g/mol. The van der Waals surface area contributed by atoms with E-state index in [0.717, 1.165) is 45.6 Å². The van der Waals surface area contributed by atoms with Crippen LogP contribution in [0.3, 0.4) is 0 Å². The maximum absolute atomic E-state index is 5.76. The lowest BCUT2D eigenvalue weighted by atomic mass is 10.1. The molecule has 0 aromatic carbocycles. The molecule has 19 heavy (non-hydrogen) atoms. The molecule has 0 rings (SSSR count). The van der Waals surface area contributed by atoms with E-state index >= 15 is 0 Å². The summed E-state index contributed by atoms with van der Waals surface area (Å²) in [5.41, 5.74) is 5.76. The van der Waals surface area contributed by atoms with E-state index in [1.807, 2.05) is 0 Å². The molecule has 0 atom stereocenters. The summed E-state index contributed by atoms with van der Waals surface area (Å²) in [6.45, 7) is 8.83. The summed E-state index contributed by atoms with van der Waals surface area (Å²) in [6, 6.07) is 0. The first-order valence-electron chi connectivity index (χ1n) is 6.77. The van der Waals surface area contributed by atoms with E-state index in [0.29, 0.717) is 11.9 Å². The quantitative estimate of drug-likeness (QED) is 0.259. The van der Waals surface area contributed by atoms with Gasteiger partial charge >= 0.3 is 0 Å². The van der Waals surface area contributed by atoms with E-state index in [1.54, 1.807) is 7.11 Å². The van der Waals surface area contributed by atoms with E-state index in [2.05, 4.69) is 36.1 Å². The largest absolute Gasteiger partial charge is 0.383 e. The van der Waals surface area contributed by atoms with Crippen molar-refractivity contribution >= 4 is 29.9 Å². The van der Waals surface area contributed by atoms with Crippen molar-refractivity contribution in [3.8, 4) is 0 Å². The first-order valence-corrected chi connectivity index (χ1v) is 6.77. The second kappa shape index (κ2) is 14.3. The lowest BCUT2D eigenvalue weighted by molar-refractivity contribution is 0.161. The number of guanidine groups is 1. The van der Waals surface area contributed by atoms with Gasteiger partial charge in [0, 0.05) is 26.7 Å². The minimum atomic E-state index is 0. The van der Waals surface area contributed by atoms with Gasteiger partial charge in [-0.2, -0.15) is 0 Å². The summed E-state index contributed by atoms with van der Waals surface area (Å²) in [6.07, 6.45) is 2.14. The Morgan fingerprint density at radius 2 is 2.05 bits per heavy atom. The lowest BCUT2D eigenvalue weighted by Gasteiger charge is -2.15. The van der Waals surface area contributed by atoms with Gasteiger partial charge in [0.15, 0.2) is 5.96 Å². The topological polar surface area (TPSA) is 62.9 Å². The molecule has 3 N–H and O–H groups in total. The second-order valence-electron chi connectivity index (χ2n) is 5.03. The Morgan fingerprint density at radius 1 is 1.37 bits per heavy atom. The number of likely N-dealkylation sites (N-methyl/N-ethyl adjacent to an activating group) is 1. The highest BCUT2D eigenvalue weighted by Crippen LogP contribution is 1.95. The van der Waals surface area contributed by atoms with Crippen molar-refractivity contribution < 1.29 is 4.74 Å². The van der Waals surface area contributed by atoms with Gasteiger partial charge in [-0.25, -0.2) is 0 Å². The zero-order chi connectivity index (χ0) is 13.8. The summed E-state index contributed by atoms with van der Waals surface area (Å²) >= 11 is 0. The number of halogens is 1. The molecule has 0 fully saturated rings. The summed E-state index contributed by atoms with van der Waals surface area (Å²) in [5, 5.41) is 3.13. The molecule has 0 aliphatic rings. The first-order chi connectivity index (χ1) is 8.56. The standard InChI is InChI=1S/C13H30N4O.HI/c1-12(2)6-8-16-13(14)15-7-5-9-17(3)10-11-18-4;/h12H,5-11H2,1-4H3,(H3,14,15,16);1H. The van der Waals surface area contributed by atoms with E-state index in [1.165, 1.54) is 0 Å². The highest BCUT2D eigenvalue weighted by Gasteiger charge is 1.98. The zero-order valence-corrected chi connectivity index (χ0v) is 15.1. The van der Waals surface area contributed by atoms with E-state index < -0.39 is 0 Å². The normalized spacial score (nSPS) is 11.8. The molecule has 6 heteroatoms. The Labute approximate surface area is 135 Å². The SMILES string of the molecule is COCCN(C)CCCN=C(N)NCCC(C)C.I. The summed E-state index contributed by atoms with van der Waals surface area (Å²) in [7, 11) is 3.81. The third kappa shape index (κ3) is 15.9. The molecule has 0 radical (unpaired) electrons. The van der Waals surface area contributed by atoms with Crippen LogP contribution in [-0.2, 0) is 4.74 Å². The van der Waals surface area contributed by atoms with E-state index in [-0.39, 0.29) is 24.0 Å². The average Bonchev–Trinajstić information content (AvgIpc) is 2.31. The van der Waals surface area contributed by atoms with Gasteiger partial charge in [0.2, 0.25) is 0 Å². The fraction of sp³-hybridized carbons (Fsp3) is 0.923. The number of nitrogens with two attached hydrogens (primary N) is 1. The molecular weight excluding hydrogens is 355 g/mol. The van der Waals surface area contributed by atoms with Crippen molar-refractivity contribution in [2.75, 3.05) is 46.9 Å². The molecule has 0 amide bonds. The maximum Gasteiger partial charge on any atom is 0.188 e. The van der Waals surface area contributed by atoms with E-state index in [4.69, 9.17) is 10.5 Å². The zero-order valence-electron chi connectivity index (χ0n) is 12.8. The maximum atomic E-state index is 5.76. The number of aliphatic imine (C=N–C) groups is 1. The van der Waals surface area contributed by atoms with Gasteiger partial charge in [0.1, 0.15) is 0 Å². The Bertz CT molecular complexity index is 225. The summed E-state index contributed by atoms with van der Waals surface area (Å²) < 4.78 is 5.02. The Kier molecular flexibility index (Phi) is 16.0. The van der Waals surface area contributed by atoms with Crippen LogP contribution in [0, 0.1) is 5.92 Å². The Hall–Kier alpha value is -0.0800. The van der Waals surface area contributed by atoms with Crippen LogP contribution in [0.5, 0.6) is 0 Å². The molecule has 0 spiro atoms. The van der Waals surface area contributed by atoms with Gasteiger partial charge in [0.25, 0.3) is 0 Å². The van der Waals surface area contributed by atoms with Crippen molar-refractivity contribution in [1.29, 1.82) is 0 Å². The highest BCUT2D eigenvalue weighted by atomic mass is 127. The molecule has 0 aromatic rings. The number of hydrogen-bond donors (Lipinski definition) is 2. The number of hydrogen-bond acceptors (Lipinski definition) is 3. The molecule has 0 unspecified atom stereocenters. The third-order valence-electron chi connectivity index (χ3n) is 2.69. The fourth-order valence-electron chi connectivity index (χ4n) is 1.44. The van der Waals surface area contributed by atoms with Crippen LogP contribution in [0.1, 0.15) is 26.7 Å². The lowest BCUT2D eigenvalue weighted by Crippen LogP contribution is -2.33. The van der Waals surface area contributed by atoms with E-state index in [9.17, 15) is 0 Å². The predicted molar refractivity (Wildman–Crippen MR) is 93.4 cm³/mol. The molecule has 0 bridgehead atoms. The third-order valence-corrected chi connectivity index (χ3v) is 2.69. The molecule has 0 aromatic heterocycles. The molecular formula is C13H31IN4O. The number of methoxy groups -OCH3 is 1. The minimum absolute atomic E-state index is 0. The van der Waals surface area contributed by atoms with Crippen LogP contribution >= 0.6 is 24.0 Å². The van der Waals surface area contributed by atoms with Crippen molar-refractivity contribution in [1.82, 2.24) is 10.2 Å². The summed E-state index contributed by atoms with van der Waals surface area (Å²) in [5.74, 6) is 1.26. The molecule has 0 aliphatic heterocycles. The molecule has 0 saturated heterocycles. The Balaban J connectivity index is 0. The van der Waals surface area contributed by atoms with Crippen LogP contribution in [0.25, 0.3) is 0 Å². The Morgan fingerprint density at radius 3 is 2.63 bits per heavy atom. The highest BCUT2D eigenvalue weighted by molar-refractivity contribution is 14.0. The first kappa shape index (κ1) is 21.2. The number of rotatable bonds is 10. The van der Waals surface area contributed by atoms with Crippen molar-refractivity contribution in [3.63, 3.8) is 0 Å². The van der Waals surface area contributed by atoms with Gasteiger partial charge in [0.05, 0.1) is 6.61 Å². The van der Waals surface area contributed by atoms with Gasteiger partial charge in [-0.05, 0) is 32.4 Å². The smallest absolute Gasteiger partial charge is 0.188 e. The van der Waals surface area contributed by atoms with Gasteiger partial charge in [-0.15, -0.1) is 24.0 Å². The number of nitrogens with one attached hydrogen (secondary N) is 1. The minimum Gasteiger partial charge on any atom is -0.383 e. The number of ether oxygens (including phenoxy) is 1. The van der Waals surface area contributed by atoms with Crippen LogP contribution in [0.4, 0.5) is 0 Å². The molecule has 116 valence electrons. The average molecular weight is 386 g/mol. The van der Waals surface area contributed by atoms with Gasteiger partial charge < -0.3 is 20.7 Å². The summed E-state index contributed by atoms with van der Waals surface area (Å²) in [4.78, 5) is 6.54. The van der Waals surface area contributed by atoms with Crippen LogP contribution in [0.2, 0.25) is 0 Å². The predicted octanol–water partition coefficient (Wildman–Crippen LogP) is 1.52. The fourth-order valence-corrected chi connectivity index (χ4v) is 1.44. The van der Waals surface area contributed by atoms with Crippen molar-refractivity contribution in [2.45, 2.75) is 26.7 Å². The molecule has 5 nitrogen and oxygen atoms in total. The second-order valence-corrected chi connectivity index (χ2v) is 5.03. The van der Waals surface area contributed by atoms with Crippen LogP contribution in [-0.4, -0.2) is 57.8 Å². The van der Waals surface area contributed by atoms with Crippen LogP contribution in [0.15, 0.2) is 4.99 Å². The van der Waals surface area contributed by atoms with Crippen molar-refractivity contribution in [3.05, 3.63) is 0 Å².